The van der Waals surface area contributed by atoms with Gasteiger partial charge in [-0.05, 0) is 23.1 Å². The third kappa shape index (κ3) is 3.30. The van der Waals surface area contributed by atoms with Gasteiger partial charge < -0.3 is 15.1 Å². The summed E-state index contributed by atoms with van der Waals surface area (Å²) in [4.78, 5) is 25.0. The number of nitrogens with zero attached hydrogens (tertiary/aromatic N) is 1. The zero-order chi connectivity index (χ0) is 16.5. The fraction of sp³-hybridized carbons (Fsp3) is 0.529. The van der Waals surface area contributed by atoms with E-state index in [0.29, 0.717) is 5.56 Å². The molecular weight excluding hydrogens is 282 g/mol. The summed E-state index contributed by atoms with van der Waals surface area (Å²) in [5.74, 6) is -1.33. The molecule has 0 saturated carbocycles. The number of rotatable bonds is 2. The van der Waals surface area contributed by atoms with Gasteiger partial charge in [0.25, 0.3) is 5.91 Å². The molecule has 1 saturated heterocycles. The molecule has 2 rings (SSSR count). The van der Waals surface area contributed by atoms with E-state index >= 15 is 0 Å². The minimum Gasteiger partial charge on any atom is -0.479 e. The Morgan fingerprint density at radius 3 is 2.00 bits per heavy atom. The van der Waals surface area contributed by atoms with E-state index in [1.165, 1.54) is 0 Å². The van der Waals surface area contributed by atoms with Crippen molar-refractivity contribution < 1.29 is 19.8 Å². The second-order valence-electron chi connectivity index (χ2n) is 6.96. The normalized spacial score (nSPS) is 18.1. The van der Waals surface area contributed by atoms with E-state index in [9.17, 15) is 14.7 Å². The zero-order valence-corrected chi connectivity index (χ0v) is 13.3. The highest BCUT2D eigenvalue weighted by Gasteiger charge is 2.40. The SMILES string of the molecule is CC(C)(C)c1ccc(C(=O)N2CCC(O)(C(=O)O)CC2)cc1. The maximum Gasteiger partial charge on any atom is 0.335 e. The van der Waals surface area contributed by atoms with Crippen LogP contribution in [-0.4, -0.2) is 45.7 Å². The monoisotopic (exact) mass is 305 g/mol. The minimum atomic E-state index is -1.70. The van der Waals surface area contributed by atoms with Crippen LogP contribution in [0.2, 0.25) is 0 Å². The Balaban J connectivity index is 2.06. The molecule has 5 heteroatoms. The van der Waals surface area contributed by atoms with Crippen molar-refractivity contribution in [1.82, 2.24) is 4.90 Å². The van der Waals surface area contributed by atoms with Gasteiger partial charge in [-0.2, -0.15) is 0 Å². The van der Waals surface area contributed by atoms with Crippen LogP contribution in [0, 0.1) is 0 Å². The Morgan fingerprint density at radius 1 is 1.09 bits per heavy atom. The van der Waals surface area contributed by atoms with Gasteiger partial charge in [-0.1, -0.05) is 32.9 Å². The standard InChI is InChI=1S/C17H23NO4/c1-16(2,3)13-6-4-12(5-7-13)14(19)18-10-8-17(22,9-11-18)15(20)21/h4-7,22H,8-11H2,1-3H3,(H,20,21). The van der Waals surface area contributed by atoms with Crippen molar-refractivity contribution in [3.63, 3.8) is 0 Å². The molecular formula is C17H23NO4. The molecule has 1 amide bonds. The van der Waals surface area contributed by atoms with Gasteiger partial charge >= 0.3 is 5.97 Å². The van der Waals surface area contributed by atoms with Crippen LogP contribution in [-0.2, 0) is 10.2 Å². The Labute approximate surface area is 130 Å². The van der Waals surface area contributed by atoms with Gasteiger partial charge in [0.2, 0.25) is 0 Å². The van der Waals surface area contributed by atoms with Crippen molar-refractivity contribution in [1.29, 1.82) is 0 Å². The molecule has 0 spiro atoms. The third-order valence-electron chi connectivity index (χ3n) is 4.27. The largest absolute Gasteiger partial charge is 0.479 e. The summed E-state index contributed by atoms with van der Waals surface area (Å²) >= 11 is 0. The first-order chi connectivity index (χ1) is 10.1. The molecule has 0 radical (unpaired) electrons. The molecule has 0 unspecified atom stereocenters. The second-order valence-corrected chi connectivity index (χ2v) is 6.96. The van der Waals surface area contributed by atoms with Gasteiger partial charge in [-0.15, -0.1) is 0 Å². The topological polar surface area (TPSA) is 77.8 Å². The molecule has 22 heavy (non-hydrogen) atoms. The first-order valence-corrected chi connectivity index (χ1v) is 7.49. The Morgan fingerprint density at radius 2 is 1.59 bits per heavy atom. The molecule has 0 bridgehead atoms. The fourth-order valence-electron chi connectivity index (χ4n) is 2.59. The molecule has 5 nitrogen and oxygen atoms in total. The minimum absolute atomic E-state index is 0.0324. The summed E-state index contributed by atoms with van der Waals surface area (Å²) in [5.41, 5.74) is 0.0779. The van der Waals surface area contributed by atoms with Crippen molar-refractivity contribution in [2.45, 2.75) is 44.6 Å². The van der Waals surface area contributed by atoms with Gasteiger partial charge in [-0.25, -0.2) is 4.79 Å². The highest BCUT2D eigenvalue weighted by molar-refractivity contribution is 5.94. The van der Waals surface area contributed by atoms with Crippen LogP contribution >= 0.6 is 0 Å². The van der Waals surface area contributed by atoms with Crippen LogP contribution in [0.1, 0.15) is 49.5 Å². The van der Waals surface area contributed by atoms with Gasteiger partial charge in [0.15, 0.2) is 5.60 Å². The number of hydrogen-bond donors (Lipinski definition) is 2. The lowest BCUT2D eigenvalue weighted by molar-refractivity contribution is -0.162. The first kappa shape index (κ1) is 16.5. The fourth-order valence-corrected chi connectivity index (χ4v) is 2.59. The second kappa shape index (κ2) is 5.72. The molecule has 0 aromatic heterocycles. The number of carbonyl (C=O) groups is 2. The zero-order valence-electron chi connectivity index (χ0n) is 13.3. The van der Waals surface area contributed by atoms with Crippen molar-refractivity contribution in [3.05, 3.63) is 35.4 Å². The lowest BCUT2D eigenvalue weighted by atomic mass is 9.86. The van der Waals surface area contributed by atoms with Crippen LogP contribution in [0.4, 0.5) is 0 Å². The van der Waals surface area contributed by atoms with Gasteiger partial charge in [0.1, 0.15) is 0 Å². The highest BCUT2D eigenvalue weighted by Crippen LogP contribution is 2.25. The molecule has 0 atom stereocenters. The maximum absolute atomic E-state index is 12.4. The molecule has 1 aliphatic rings. The predicted molar refractivity (Wildman–Crippen MR) is 82.9 cm³/mol. The summed E-state index contributed by atoms with van der Waals surface area (Å²) in [6.45, 7) is 6.84. The quantitative estimate of drug-likeness (QED) is 0.876. The maximum atomic E-state index is 12.4. The number of aliphatic hydroxyl groups is 1. The highest BCUT2D eigenvalue weighted by atomic mass is 16.4. The lowest BCUT2D eigenvalue weighted by Crippen LogP contribution is -2.50. The van der Waals surface area contributed by atoms with Crippen molar-refractivity contribution in [2.24, 2.45) is 0 Å². The van der Waals surface area contributed by atoms with Gasteiger partial charge in [0.05, 0.1) is 0 Å². The number of carboxylic acids is 1. The van der Waals surface area contributed by atoms with Gasteiger partial charge in [0, 0.05) is 31.5 Å². The summed E-state index contributed by atoms with van der Waals surface area (Å²) < 4.78 is 0. The van der Waals surface area contributed by atoms with E-state index in [4.69, 9.17) is 5.11 Å². The Kier molecular flexibility index (Phi) is 4.29. The van der Waals surface area contributed by atoms with Crippen molar-refractivity contribution in [3.8, 4) is 0 Å². The van der Waals surface area contributed by atoms with E-state index < -0.39 is 11.6 Å². The van der Waals surface area contributed by atoms with Crippen molar-refractivity contribution in [2.75, 3.05) is 13.1 Å². The summed E-state index contributed by atoms with van der Waals surface area (Å²) in [6, 6.07) is 7.51. The van der Waals surface area contributed by atoms with E-state index in [0.717, 1.165) is 5.56 Å². The molecule has 120 valence electrons. The number of hydrogen-bond acceptors (Lipinski definition) is 3. The number of amides is 1. The van der Waals surface area contributed by atoms with E-state index in [1.807, 2.05) is 12.1 Å². The predicted octanol–water partition coefficient (Wildman–Crippen LogP) is 2.04. The van der Waals surface area contributed by atoms with Crippen molar-refractivity contribution >= 4 is 11.9 Å². The molecule has 1 aromatic carbocycles. The molecule has 1 fully saturated rings. The smallest absolute Gasteiger partial charge is 0.335 e. The third-order valence-corrected chi connectivity index (χ3v) is 4.27. The van der Waals surface area contributed by atoms with E-state index in [1.54, 1.807) is 17.0 Å². The Hall–Kier alpha value is -1.88. The van der Waals surface area contributed by atoms with Crippen LogP contribution < -0.4 is 0 Å². The van der Waals surface area contributed by atoms with Crippen LogP contribution in [0.15, 0.2) is 24.3 Å². The van der Waals surface area contributed by atoms with Crippen LogP contribution in [0.5, 0.6) is 0 Å². The summed E-state index contributed by atoms with van der Waals surface area (Å²) in [6.07, 6.45) is 0.127. The summed E-state index contributed by atoms with van der Waals surface area (Å²) in [7, 11) is 0. The first-order valence-electron chi connectivity index (χ1n) is 7.49. The Bertz CT molecular complexity index is 563. The average molecular weight is 305 g/mol. The molecule has 0 aliphatic carbocycles. The summed E-state index contributed by atoms with van der Waals surface area (Å²) in [5, 5.41) is 18.9. The van der Waals surface area contributed by atoms with Crippen LogP contribution in [0.3, 0.4) is 0 Å². The molecule has 2 N–H and O–H groups in total. The number of benzene rings is 1. The molecule has 1 aromatic rings. The van der Waals surface area contributed by atoms with Gasteiger partial charge in [-0.3, -0.25) is 4.79 Å². The molecule has 1 aliphatic heterocycles. The lowest BCUT2D eigenvalue weighted by Gasteiger charge is -2.35. The number of piperidine rings is 1. The van der Waals surface area contributed by atoms with E-state index in [2.05, 4.69) is 20.8 Å². The number of carbonyl (C=O) groups excluding carboxylic acids is 1. The number of likely N-dealkylation sites (tertiary alicyclic amines) is 1. The molecule has 1 heterocycles. The number of carboxylic acid groups (broad SMARTS) is 1. The van der Waals surface area contributed by atoms with E-state index in [-0.39, 0.29) is 37.3 Å². The number of aliphatic carboxylic acids is 1. The average Bonchev–Trinajstić information content (AvgIpc) is 2.46. The van der Waals surface area contributed by atoms with Crippen LogP contribution in [0.25, 0.3) is 0 Å².